The summed E-state index contributed by atoms with van der Waals surface area (Å²) >= 11 is 0. The molecule has 0 heterocycles. The van der Waals surface area contributed by atoms with Gasteiger partial charge in [-0.25, -0.2) is 0 Å². The smallest absolute Gasteiger partial charge is 0.870 e. The molecule has 0 aliphatic carbocycles. The van der Waals surface area contributed by atoms with Gasteiger partial charge in [-0.3, -0.25) is 0 Å². The molecule has 4 nitrogen and oxygen atoms in total. The van der Waals surface area contributed by atoms with Gasteiger partial charge in [-0.15, -0.1) is 0 Å². The fourth-order valence-electron chi connectivity index (χ4n) is 0. The fraction of sp³-hybridized carbons (Fsp3) is 0. The molecule has 0 rings (SSSR count). The molecule has 0 aromatic rings. The Balaban J connectivity index is 0. The predicted octanol–water partition coefficient (Wildman–Crippen LogP) is -8.00. The van der Waals surface area contributed by atoms with Crippen molar-refractivity contribution in [2.75, 3.05) is 0 Å². The molecular formula is H6CrO4Rb2. The zero-order valence-corrected chi connectivity index (χ0v) is 15.4. The van der Waals surface area contributed by atoms with Crippen LogP contribution in [0, 0.1) is 0 Å². The third kappa shape index (κ3) is 40.1. The Hall–Kier alpha value is 3.98. The van der Waals surface area contributed by atoms with Gasteiger partial charge in [0.05, 0.1) is 0 Å². The molecular weight excluding hydrogens is 287 g/mol. The number of rotatable bonds is 0. The molecule has 0 aromatic heterocycles. The Kier molecular flexibility index (Phi) is 501. The SMILES string of the molecule is O.O.[Cr].[OH-].[OH-].[Rb+].[Rb+]. The van der Waals surface area contributed by atoms with Crippen LogP contribution in [0.5, 0.6) is 0 Å². The van der Waals surface area contributed by atoms with Gasteiger partial charge in [-0.2, -0.15) is 0 Å². The molecule has 0 unspecified atom stereocenters. The van der Waals surface area contributed by atoms with Crippen LogP contribution in [0.15, 0.2) is 0 Å². The van der Waals surface area contributed by atoms with Crippen molar-refractivity contribution >= 4 is 0 Å². The van der Waals surface area contributed by atoms with Gasteiger partial charge in [0, 0.05) is 17.4 Å². The molecule has 0 atom stereocenters. The van der Waals surface area contributed by atoms with Gasteiger partial charge in [0.1, 0.15) is 0 Å². The minimum Gasteiger partial charge on any atom is -0.870 e. The van der Waals surface area contributed by atoms with Gasteiger partial charge >= 0.3 is 116 Å². The van der Waals surface area contributed by atoms with Crippen LogP contribution in [0.4, 0.5) is 0 Å². The zero-order chi connectivity index (χ0) is 0. The molecule has 0 bridgehead atoms. The number of hydrogen-bond donors (Lipinski definition) is 0. The van der Waals surface area contributed by atoms with E-state index in [1.165, 1.54) is 0 Å². The molecule has 0 aliphatic heterocycles. The Morgan fingerprint density at radius 1 is 0.571 bits per heavy atom. The summed E-state index contributed by atoms with van der Waals surface area (Å²) in [5, 5.41) is 0. The van der Waals surface area contributed by atoms with Gasteiger partial charge in [0.15, 0.2) is 0 Å². The van der Waals surface area contributed by atoms with Crippen LogP contribution >= 0.6 is 0 Å². The summed E-state index contributed by atoms with van der Waals surface area (Å²) in [7, 11) is 0. The average molecular weight is 293 g/mol. The van der Waals surface area contributed by atoms with E-state index in [1.807, 2.05) is 0 Å². The molecule has 0 amide bonds. The van der Waals surface area contributed by atoms with Crippen molar-refractivity contribution in [2.24, 2.45) is 0 Å². The molecule has 0 saturated heterocycles. The first-order chi connectivity index (χ1) is 0. The van der Waals surface area contributed by atoms with Crippen LogP contribution in [0.3, 0.4) is 0 Å². The quantitative estimate of drug-likeness (QED) is 0.440. The molecule has 0 spiro atoms. The first-order valence-electron chi connectivity index (χ1n) is 0. The van der Waals surface area contributed by atoms with Gasteiger partial charge < -0.3 is 21.9 Å². The van der Waals surface area contributed by atoms with Crippen molar-refractivity contribution in [1.29, 1.82) is 0 Å². The normalized spacial score (nSPS) is 0. The van der Waals surface area contributed by atoms with Crippen LogP contribution < -0.4 is 116 Å². The Morgan fingerprint density at radius 2 is 0.571 bits per heavy atom. The van der Waals surface area contributed by atoms with Gasteiger partial charge in [-0.05, 0) is 0 Å². The molecule has 0 radical (unpaired) electrons. The Morgan fingerprint density at radius 3 is 0.571 bits per heavy atom. The summed E-state index contributed by atoms with van der Waals surface area (Å²) < 4.78 is 0. The van der Waals surface area contributed by atoms with E-state index in [9.17, 15) is 0 Å². The van der Waals surface area contributed by atoms with E-state index >= 15 is 0 Å². The maximum Gasteiger partial charge on any atom is 1.00 e. The van der Waals surface area contributed by atoms with Crippen LogP contribution in [-0.4, -0.2) is 21.9 Å². The molecule has 0 saturated carbocycles. The predicted molar refractivity (Wildman–Crippen MR) is 11.1 cm³/mol. The third-order valence-corrected chi connectivity index (χ3v) is 0. The molecule has 7 heavy (non-hydrogen) atoms. The Labute approximate surface area is 151 Å². The maximum atomic E-state index is 0. The van der Waals surface area contributed by atoms with E-state index in [4.69, 9.17) is 0 Å². The van der Waals surface area contributed by atoms with E-state index in [2.05, 4.69) is 0 Å². The molecule has 38 valence electrons. The summed E-state index contributed by atoms with van der Waals surface area (Å²) in [4.78, 5) is 0. The van der Waals surface area contributed by atoms with Crippen LogP contribution in [0.25, 0.3) is 0 Å². The van der Waals surface area contributed by atoms with Crippen molar-refractivity contribution < 1.29 is 156 Å². The minimum atomic E-state index is 0. The van der Waals surface area contributed by atoms with E-state index in [0.29, 0.717) is 0 Å². The molecule has 6 N–H and O–H groups in total. The first-order valence-corrected chi connectivity index (χ1v) is 0. The average Bonchev–Trinajstić information content (AvgIpc) is 0. The van der Waals surface area contributed by atoms with Gasteiger partial charge in [0.2, 0.25) is 0 Å². The second kappa shape index (κ2) is 50.8. The number of hydrogen-bond acceptors (Lipinski definition) is 2. The molecule has 7 heteroatoms. The van der Waals surface area contributed by atoms with Crippen LogP contribution in [-0.2, 0) is 17.4 Å². The summed E-state index contributed by atoms with van der Waals surface area (Å²) in [5.41, 5.74) is 0. The van der Waals surface area contributed by atoms with Crippen molar-refractivity contribution in [3.8, 4) is 0 Å². The van der Waals surface area contributed by atoms with E-state index in [0.717, 1.165) is 0 Å². The zero-order valence-electron chi connectivity index (χ0n) is 4.30. The monoisotopic (exact) mass is 292 g/mol. The van der Waals surface area contributed by atoms with Crippen molar-refractivity contribution in [2.45, 2.75) is 0 Å². The molecule has 0 fully saturated rings. The molecule has 0 aromatic carbocycles. The third-order valence-electron chi connectivity index (χ3n) is 0. The summed E-state index contributed by atoms with van der Waals surface area (Å²) in [6.07, 6.45) is 0. The standard InChI is InChI=1S/Cr.4H2O.2Rb/h;4*1H2;;/q;;;;;2*+1/p-2. The van der Waals surface area contributed by atoms with E-state index < -0.39 is 0 Å². The van der Waals surface area contributed by atoms with Crippen molar-refractivity contribution in [1.82, 2.24) is 0 Å². The largest absolute Gasteiger partial charge is 1.00 e. The first kappa shape index (κ1) is 69.0. The van der Waals surface area contributed by atoms with E-state index in [-0.39, 0.29) is 156 Å². The topological polar surface area (TPSA) is 123 Å². The van der Waals surface area contributed by atoms with Crippen molar-refractivity contribution in [3.63, 3.8) is 0 Å². The Bertz CT molecular complexity index is 9.65. The summed E-state index contributed by atoms with van der Waals surface area (Å²) in [6, 6.07) is 0. The molecule has 0 aliphatic rings. The summed E-state index contributed by atoms with van der Waals surface area (Å²) in [6.45, 7) is 0. The maximum absolute atomic E-state index is 0. The fourth-order valence-corrected chi connectivity index (χ4v) is 0. The van der Waals surface area contributed by atoms with Crippen LogP contribution in [0.2, 0.25) is 0 Å². The van der Waals surface area contributed by atoms with Crippen molar-refractivity contribution in [3.05, 3.63) is 0 Å². The second-order valence-electron chi connectivity index (χ2n) is 0. The van der Waals surface area contributed by atoms with E-state index in [1.54, 1.807) is 0 Å². The minimum absolute atomic E-state index is 0. The second-order valence-corrected chi connectivity index (χ2v) is 0. The van der Waals surface area contributed by atoms with Crippen LogP contribution in [0.1, 0.15) is 0 Å². The van der Waals surface area contributed by atoms with Gasteiger partial charge in [0.25, 0.3) is 0 Å². The summed E-state index contributed by atoms with van der Waals surface area (Å²) in [5.74, 6) is 0. The van der Waals surface area contributed by atoms with Gasteiger partial charge in [-0.1, -0.05) is 0 Å².